The summed E-state index contributed by atoms with van der Waals surface area (Å²) in [5.41, 5.74) is -0.117. The van der Waals surface area contributed by atoms with Gasteiger partial charge in [-0.2, -0.15) is 0 Å². The number of nitrogens with one attached hydrogen (secondary N) is 1. The molecule has 0 radical (unpaired) electrons. The molecule has 116 valence electrons. The Morgan fingerprint density at radius 2 is 2.00 bits per heavy atom. The fourth-order valence-electron chi connectivity index (χ4n) is 2.57. The average Bonchev–Trinajstić information content (AvgIpc) is 2.94. The smallest absolute Gasteiger partial charge is 0.240 e. The minimum atomic E-state index is -3.63. The second-order valence-corrected chi connectivity index (χ2v) is 7.30. The van der Waals surface area contributed by atoms with Crippen LogP contribution < -0.4 is 9.46 Å². The Balaban J connectivity index is 1.72. The lowest BCUT2D eigenvalue weighted by Gasteiger charge is -2.31. The van der Waals surface area contributed by atoms with Gasteiger partial charge >= 0.3 is 0 Å². The van der Waals surface area contributed by atoms with E-state index in [1.54, 1.807) is 12.1 Å². The zero-order chi connectivity index (χ0) is 14.9. The van der Waals surface area contributed by atoms with Crippen LogP contribution in [0.4, 0.5) is 0 Å². The normalized spacial score (nSPS) is 20.8. The summed E-state index contributed by atoms with van der Waals surface area (Å²) in [6, 6.07) is 4.85. The highest BCUT2D eigenvalue weighted by molar-refractivity contribution is 7.89. The zero-order valence-corrected chi connectivity index (χ0v) is 12.5. The molecule has 2 N–H and O–H groups in total. The van der Waals surface area contributed by atoms with Crippen molar-refractivity contribution in [1.29, 1.82) is 0 Å². The molecule has 2 aliphatic rings. The van der Waals surface area contributed by atoms with Gasteiger partial charge in [-0.05, 0) is 23.8 Å². The summed E-state index contributed by atoms with van der Waals surface area (Å²) in [5, 5.41) is 10.3. The van der Waals surface area contributed by atoms with Gasteiger partial charge in [-0.3, -0.25) is 0 Å². The van der Waals surface area contributed by atoms with Crippen molar-refractivity contribution in [2.24, 2.45) is 0 Å². The molecule has 0 aliphatic carbocycles. The van der Waals surface area contributed by atoms with Crippen LogP contribution >= 0.6 is 0 Å². The van der Waals surface area contributed by atoms with Gasteiger partial charge in [-0.25, -0.2) is 13.1 Å². The minimum Gasteiger partial charge on any atom is -0.493 e. The van der Waals surface area contributed by atoms with Crippen molar-refractivity contribution in [2.45, 2.75) is 29.8 Å². The summed E-state index contributed by atoms with van der Waals surface area (Å²) < 4.78 is 37.7. The Bertz CT molecular complexity index is 622. The minimum absolute atomic E-state index is 0.00623. The summed E-state index contributed by atoms with van der Waals surface area (Å²) in [6.07, 6.45) is 1.60. The van der Waals surface area contributed by atoms with Crippen molar-refractivity contribution in [3.05, 3.63) is 23.8 Å². The number of benzene rings is 1. The number of rotatable bonds is 4. The van der Waals surface area contributed by atoms with Crippen LogP contribution in [0.1, 0.15) is 18.4 Å². The molecule has 6 nitrogen and oxygen atoms in total. The molecule has 7 heteroatoms. The number of fused-ring (bicyclic) bond motifs is 1. The number of hydrogen-bond acceptors (Lipinski definition) is 5. The highest BCUT2D eigenvalue weighted by Gasteiger charge is 2.31. The first-order valence-electron chi connectivity index (χ1n) is 7.04. The molecular formula is C14H19NO5S. The Morgan fingerprint density at radius 3 is 2.76 bits per heavy atom. The molecule has 21 heavy (non-hydrogen) atoms. The lowest BCUT2D eigenvalue weighted by Crippen LogP contribution is -2.46. The van der Waals surface area contributed by atoms with Crippen molar-refractivity contribution in [2.75, 3.05) is 26.4 Å². The fourth-order valence-corrected chi connectivity index (χ4v) is 3.74. The first kappa shape index (κ1) is 14.8. The van der Waals surface area contributed by atoms with E-state index in [1.165, 1.54) is 6.07 Å². The molecule has 0 spiro atoms. The number of ether oxygens (including phenoxy) is 2. The molecular weight excluding hydrogens is 294 g/mol. The molecule has 1 aromatic carbocycles. The molecule has 1 saturated heterocycles. The highest BCUT2D eigenvalue weighted by Crippen LogP contribution is 2.28. The molecule has 1 fully saturated rings. The van der Waals surface area contributed by atoms with Crippen molar-refractivity contribution in [3.8, 4) is 5.75 Å². The van der Waals surface area contributed by atoms with Gasteiger partial charge in [0.2, 0.25) is 10.0 Å². The lowest BCUT2D eigenvalue weighted by molar-refractivity contribution is -0.0588. The Hall–Kier alpha value is -1.15. The number of hydrogen-bond donors (Lipinski definition) is 2. The maximum Gasteiger partial charge on any atom is 0.240 e. The second kappa shape index (κ2) is 5.57. The second-order valence-electron chi connectivity index (χ2n) is 5.53. The third kappa shape index (κ3) is 3.21. The maximum atomic E-state index is 12.3. The van der Waals surface area contributed by atoms with Crippen molar-refractivity contribution in [3.63, 3.8) is 0 Å². The topological polar surface area (TPSA) is 84.9 Å². The van der Waals surface area contributed by atoms with Crippen LogP contribution in [0.5, 0.6) is 5.75 Å². The van der Waals surface area contributed by atoms with E-state index < -0.39 is 15.6 Å². The maximum absolute atomic E-state index is 12.3. The van der Waals surface area contributed by atoms with Gasteiger partial charge in [-0.1, -0.05) is 0 Å². The SMILES string of the molecule is O=S(=O)(NCC1(O)CCOCC1)c1ccc2c(c1)CCO2. The Labute approximate surface area is 124 Å². The summed E-state index contributed by atoms with van der Waals surface area (Å²) in [6.45, 7) is 1.50. The van der Waals surface area contributed by atoms with Crippen molar-refractivity contribution >= 4 is 10.0 Å². The molecule has 0 amide bonds. The van der Waals surface area contributed by atoms with Crippen LogP contribution in [0.15, 0.2) is 23.1 Å². The van der Waals surface area contributed by atoms with Crippen LogP contribution in [-0.2, 0) is 21.2 Å². The van der Waals surface area contributed by atoms with Crippen LogP contribution in [-0.4, -0.2) is 45.5 Å². The molecule has 1 aromatic rings. The lowest BCUT2D eigenvalue weighted by atomic mass is 9.95. The van der Waals surface area contributed by atoms with Gasteiger partial charge in [0.05, 0.1) is 17.1 Å². The van der Waals surface area contributed by atoms with Gasteiger partial charge in [0.1, 0.15) is 5.75 Å². The molecule has 2 aliphatic heterocycles. The summed E-state index contributed by atoms with van der Waals surface area (Å²) >= 11 is 0. The third-order valence-corrected chi connectivity index (χ3v) is 5.38. The van der Waals surface area contributed by atoms with Gasteiger partial charge in [0, 0.05) is 39.0 Å². The van der Waals surface area contributed by atoms with Crippen molar-refractivity contribution < 1.29 is 23.0 Å². The van der Waals surface area contributed by atoms with E-state index in [0.29, 0.717) is 32.7 Å². The van der Waals surface area contributed by atoms with E-state index in [9.17, 15) is 13.5 Å². The molecule has 2 heterocycles. The monoisotopic (exact) mass is 313 g/mol. The van der Waals surface area contributed by atoms with E-state index in [2.05, 4.69) is 4.72 Å². The summed E-state index contributed by atoms with van der Waals surface area (Å²) in [4.78, 5) is 0.211. The van der Waals surface area contributed by atoms with E-state index in [-0.39, 0.29) is 11.4 Å². The van der Waals surface area contributed by atoms with E-state index >= 15 is 0 Å². The Morgan fingerprint density at radius 1 is 1.24 bits per heavy atom. The van der Waals surface area contributed by atoms with Gasteiger partial charge in [0.25, 0.3) is 0 Å². The predicted molar refractivity (Wildman–Crippen MR) is 75.8 cm³/mol. The summed E-state index contributed by atoms with van der Waals surface area (Å²) in [5.74, 6) is 0.747. The Kier molecular flexibility index (Phi) is 3.92. The van der Waals surface area contributed by atoms with E-state index in [4.69, 9.17) is 9.47 Å². The number of sulfonamides is 1. The van der Waals surface area contributed by atoms with Crippen LogP contribution in [0, 0.1) is 0 Å². The molecule has 0 saturated carbocycles. The van der Waals surface area contributed by atoms with E-state index in [1.807, 2.05) is 0 Å². The quantitative estimate of drug-likeness (QED) is 0.842. The molecule has 3 rings (SSSR count). The molecule has 0 bridgehead atoms. The van der Waals surface area contributed by atoms with Gasteiger partial charge in [-0.15, -0.1) is 0 Å². The largest absolute Gasteiger partial charge is 0.493 e. The highest BCUT2D eigenvalue weighted by atomic mass is 32.2. The molecule has 0 unspecified atom stereocenters. The average molecular weight is 313 g/mol. The van der Waals surface area contributed by atoms with Crippen molar-refractivity contribution in [1.82, 2.24) is 4.72 Å². The van der Waals surface area contributed by atoms with Crippen LogP contribution in [0.25, 0.3) is 0 Å². The van der Waals surface area contributed by atoms with Crippen LogP contribution in [0.3, 0.4) is 0 Å². The standard InChI is InChI=1S/C14H19NO5S/c16-14(4-7-19-8-5-14)10-15-21(17,18)12-1-2-13-11(9-12)3-6-20-13/h1-2,9,15-16H,3-8,10H2. The zero-order valence-electron chi connectivity index (χ0n) is 11.7. The first-order chi connectivity index (χ1) is 9.99. The fraction of sp³-hybridized carbons (Fsp3) is 0.571. The summed E-state index contributed by atoms with van der Waals surface area (Å²) in [7, 11) is -3.63. The van der Waals surface area contributed by atoms with Gasteiger partial charge in [0.15, 0.2) is 0 Å². The molecule has 0 aromatic heterocycles. The number of aliphatic hydroxyl groups is 1. The van der Waals surface area contributed by atoms with E-state index in [0.717, 1.165) is 17.7 Å². The third-order valence-electron chi connectivity index (χ3n) is 3.99. The van der Waals surface area contributed by atoms with Gasteiger partial charge < -0.3 is 14.6 Å². The molecule has 0 atom stereocenters. The first-order valence-corrected chi connectivity index (χ1v) is 8.52. The predicted octanol–water partition coefficient (Wildman–Crippen LogP) is 0.441. The van der Waals surface area contributed by atoms with Crippen LogP contribution in [0.2, 0.25) is 0 Å².